The maximum Gasteiger partial charge on any atom is 0.274 e. The largest absolute Gasteiger partial charge is 0.497 e. The molecule has 0 aliphatic rings. The minimum Gasteiger partial charge on any atom is -0.497 e. The van der Waals surface area contributed by atoms with Crippen LogP contribution < -0.4 is 20.3 Å². The Hall–Kier alpha value is -3.81. The van der Waals surface area contributed by atoms with Crippen molar-refractivity contribution in [2.75, 3.05) is 19.0 Å². The lowest BCUT2D eigenvalue weighted by atomic mass is 10.2. The lowest BCUT2D eigenvalue weighted by Gasteiger charge is -2.07. The number of methoxy groups -OCH3 is 1. The minimum atomic E-state index is -0.217. The first-order valence-corrected chi connectivity index (χ1v) is 9.26. The molecule has 0 spiro atoms. The molecule has 2 aromatic heterocycles. The third-order valence-electron chi connectivity index (χ3n) is 4.39. The van der Waals surface area contributed by atoms with Crippen LogP contribution in [-0.4, -0.2) is 33.3 Å². The number of nitrogens with zero attached hydrogens (tertiary/aromatic N) is 3. The van der Waals surface area contributed by atoms with Crippen LogP contribution in [0, 0.1) is 0 Å². The van der Waals surface area contributed by atoms with Crippen molar-refractivity contribution in [2.24, 2.45) is 0 Å². The van der Waals surface area contributed by atoms with Gasteiger partial charge >= 0.3 is 0 Å². The Morgan fingerprint density at radius 1 is 1.03 bits per heavy atom. The topological polar surface area (TPSA) is 93.5 Å². The van der Waals surface area contributed by atoms with Gasteiger partial charge in [-0.05, 0) is 55.5 Å². The van der Waals surface area contributed by atoms with Gasteiger partial charge in [-0.25, -0.2) is 4.98 Å². The fraction of sp³-hybridized carbons (Fsp3) is 0.190. The molecule has 4 aromatic rings. The van der Waals surface area contributed by atoms with E-state index in [-0.39, 0.29) is 5.56 Å². The van der Waals surface area contributed by atoms with Crippen LogP contribution in [0.1, 0.15) is 12.6 Å². The number of aromatic amines is 1. The van der Waals surface area contributed by atoms with Crippen LogP contribution in [0.5, 0.6) is 11.5 Å². The van der Waals surface area contributed by atoms with Gasteiger partial charge in [0.25, 0.3) is 11.3 Å². The third kappa shape index (κ3) is 4.06. The molecule has 0 saturated carbocycles. The van der Waals surface area contributed by atoms with E-state index in [9.17, 15) is 4.79 Å². The maximum absolute atomic E-state index is 12.5. The molecule has 8 heteroatoms. The van der Waals surface area contributed by atoms with E-state index < -0.39 is 0 Å². The van der Waals surface area contributed by atoms with Gasteiger partial charge in [0, 0.05) is 17.3 Å². The zero-order valence-electron chi connectivity index (χ0n) is 16.2. The summed E-state index contributed by atoms with van der Waals surface area (Å²) in [5.41, 5.74) is 2.14. The van der Waals surface area contributed by atoms with E-state index in [0.717, 1.165) is 22.7 Å². The van der Waals surface area contributed by atoms with Gasteiger partial charge in [0.1, 0.15) is 11.5 Å². The molecule has 2 N–H and O–H groups in total. The van der Waals surface area contributed by atoms with Crippen LogP contribution in [0.15, 0.2) is 59.4 Å². The molecule has 0 aliphatic carbocycles. The van der Waals surface area contributed by atoms with Gasteiger partial charge in [-0.3, -0.25) is 9.89 Å². The molecule has 2 aromatic carbocycles. The quantitative estimate of drug-likeness (QED) is 0.503. The Labute approximate surface area is 167 Å². The van der Waals surface area contributed by atoms with Crippen molar-refractivity contribution in [3.05, 3.63) is 70.6 Å². The molecule has 0 bridgehead atoms. The second-order valence-electron chi connectivity index (χ2n) is 6.33. The van der Waals surface area contributed by atoms with Gasteiger partial charge in [0.2, 0.25) is 0 Å². The van der Waals surface area contributed by atoms with Crippen LogP contribution in [0.4, 0.5) is 5.69 Å². The number of rotatable bonds is 7. The molecule has 0 aliphatic heterocycles. The predicted octanol–water partition coefficient (Wildman–Crippen LogP) is 3.10. The van der Waals surface area contributed by atoms with E-state index in [2.05, 4.69) is 20.4 Å². The average Bonchev–Trinajstić information content (AvgIpc) is 3.18. The van der Waals surface area contributed by atoms with Crippen molar-refractivity contribution < 1.29 is 9.47 Å². The molecular formula is C21H21N5O3. The molecular weight excluding hydrogens is 370 g/mol. The summed E-state index contributed by atoms with van der Waals surface area (Å²) in [6.07, 6.45) is 0. The monoisotopic (exact) mass is 391 g/mol. The van der Waals surface area contributed by atoms with Crippen molar-refractivity contribution >= 4 is 11.5 Å². The lowest BCUT2D eigenvalue weighted by molar-refractivity contribution is 0.340. The van der Waals surface area contributed by atoms with Gasteiger partial charge in [0.15, 0.2) is 5.82 Å². The first-order valence-electron chi connectivity index (χ1n) is 9.26. The highest BCUT2D eigenvalue weighted by atomic mass is 16.5. The van der Waals surface area contributed by atoms with Crippen LogP contribution in [0.3, 0.4) is 0 Å². The van der Waals surface area contributed by atoms with Crippen molar-refractivity contribution in [2.45, 2.75) is 13.5 Å². The number of nitrogens with one attached hydrogen (secondary N) is 2. The van der Waals surface area contributed by atoms with Crippen molar-refractivity contribution in [1.29, 1.82) is 0 Å². The summed E-state index contributed by atoms with van der Waals surface area (Å²) in [6, 6.07) is 16.5. The summed E-state index contributed by atoms with van der Waals surface area (Å²) in [5.74, 6) is 2.46. The third-order valence-corrected chi connectivity index (χ3v) is 4.39. The number of aromatic nitrogens is 4. The van der Waals surface area contributed by atoms with Crippen molar-refractivity contribution in [3.8, 4) is 22.9 Å². The Morgan fingerprint density at radius 3 is 2.45 bits per heavy atom. The SMILES string of the molecule is CCOc1ccc(NCc2cc(=O)n3[nH]c(-c4ccc(OC)cc4)nc3n2)cc1. The number of hydrogen-bond donors (Lipinski definition) is 2. The van der Waals surface area contributed by atoms with E-state index in [1.165, 1.54) is 10.6 Å². The van der Waals surface area contributed by atoms with E-state index in [1.54, 1.807) is 7.11 Å². The summed E-state index contributed by atoms with van der Waals surface area (Å²) in [4.78, 5) is 21.4. The average molecular weight is 391 g/mol. The molecule has 0 unspecified atom stereocenters. The number of fused-ring (bicyclic) bond motifs is 1. The van der Waals surface area contributed by atoms with E-state index in [0.29, 0.717) is 30.4 Å². The maximum atomic E-state index is 12.5. The van der Waals surface area contributed by atoms with E-state index >= 15 is 0 Å². The standard InChI is InChI=1S/C21H21N5O3/c1-3-29-18-10-6-15(7-11-18)22-13-16-12-19(27)26-21(23-16)24-20(25-26)14-4-8-17(28-2)9-5-14/h4-12,22H,3,13H2,1-2H3,(H,23,24,25). The van der Waals surface area contributed by atoms with Crippen LogP contribution in [-0.2, 0) is 6.54 Å². The molecule has 0 saturated heterocycles. The highest BCUT2D eigenvalue weighted by molar-refractivity contribution is 5.58. The Morgan fingerprint density at radius 2 is 1.76 bits per heavy atom. The van der Waals surface area contributed by atoms with Crippen LogP contribution in [0.2, 0.25) is 0 Å². The number of benzene rings is 2. The fourth-order valence-corrected chi connectivity index (χ4v) is 2.92. The summed E-state index contributed by atoms with van der Waals surface area (Å²) < 4.78 is 11.9. The van der Waals surface area contributed by atoms with Gasteiger partial charge in [0.05, 0.1) is 26.0 Å². The minimum absolute atomic E-state index is 0.217. The normalized spacial score (nSPS) is 10.8. The van der Waals surface area contributed by atoms with Gasteiger partial charge < -0.3 is 14.8 Å². The lowest BCUT2D eigenvalue weighted by Crippen LogP contribution is -2.17. The van der Waals surface area contributed by atoms with Gasteiger partial charge in [-0.2, -0.15) is 9.50 Å². The molecule has 0 radical (unpaired) electrons. The second-order valence-corrected chi connectivity index (χ2v) is 6.33. The Kier molecular flexibility index (Phi) is 5.15. The summed E-state index contributed by atoms with van der Waals surface area (Å²) in [7, 11) is 1.61. The molecule has 8 nitrogen and oxygen atoms in total. The summed E-state index contributed by atoms with van der Waals surface area (Å²) in [6.45, 7) is 2.98. The van der Waals surface area contributed by atoms with Crippen LogP contribution >= 0.6 is 0 Å². The second kappa shape index (κ2) is 8.05. The number of hydrogen-bond acceptors (Lipinski definition) is 6. The number of H-pyrrole nitrogens is 1. The van der Waals surface area contributed by atoms with Crippen LogP contribution in [0.25, 0.3) is 17.2 Å². The fourth-order valence-electron chi connectivity index (χ4n) is 2.92. The van der Waals surface area contributed by atoms with Crippen molar-refractivity contribution in [3.63, 3.8) is 0 Å². The highest BCUT2D eigenvalue weighted by Gasteiger charge is 2.10. The molecule has 0 fully saturated rings. The zero-order chi connectivity index (χ0) is 20.2. The van der Waals surface area contributed by atoms with E-state index in [4.69, 9.17) is 9.47 Å². The predicted molar refractivity (Wildman–Crippen MR) is 111 cm³/mol. The Bertz CT molecular complexity index is 1160. The number of anilines is 1. The molecule has 0 atom stereocenters. The first-order chi connectivity index (χ1) is 14.2. The van der Waals surface area contributed by atoms with Crippen molar-refractivity contribution in [1.82, 2.24) is 19.6 Å². The summed E-state index contributed by atoms with van der Waals surface area (Å²) in [5, 5.41) is 6.25. The summed E-state index contributed by atoms with van der Waals surface area (Å²) >= 11 is 0. The molecule has 2 heterocycles. The number of ether oxygens (including phenoxy) is 2. The first kappa shape index (κ1) is 18.5. The molecule has 4 rings (SSSR count). The molecule has 148 valence electrons. The smallest absolute Gasteiger partial charge is 0.274 e. The van der Waals surface area contributed by atoms with Gasteiger partial charge in [-0.1, -0.05) is 0 Å². The molecule has 29 heavy (non-hydrogen) atoms. The molecule has 0 amide bonds. The zero-order valence-corrected chi connectivity index (χ0v) is 16.2. The highest BCUT2D eigenvalue weighted by Crippen LogP contribution is 2.19. The Balaban J connectivity index is 1.54. The van der Waals surface area contributed by atoms with E-state index in [1.807, 2.05) is 55.5 Å². The van der Waals surface area contributed by atoms with Gasteiger partial charge in [-0.15, -0.1) is 0 Å².